The molecule has 76 valence electrons. The largest absolute Gasteiger partial charge is 0.337 e. The molecule has 0 radical (unpaired) electrons. The Morgan fingerprint density at radius 2 is 2.23 bits per heavy atom. The molecule has 0 saturated heterocycles. The van der Waals surface area contributed by atoms with Crippen LogP contribution in [0.4, 0.5) is 4.79 Å². The lowest BCUT2D eigenvalue weighted by atomic mass is 10.4. The quantitative estimate of drug-likeness (QED) is 0.750. The maximum atomic E-state index is 11.4. The molecule has 0 unspecified atom stereocenters. The third-order valence-corrected chi connectivity index (χ3v) is 4.04. The van der Waals surface area contributed by atoms with Gasteiger partial charge in [0, 0.05) is 24.9 Å². The molecule has 0 atom stereocenters. The van der Waals surface area contributed by atoms with Crippen molar-refractivity contribution in [1.82, 2.24) is 10.2 Å². The van der Waals surface area contributed by atoms with Crippen LogP contribution in [0.25, 0.3) is 0 Å². The maximum absolute atomic E-state index is 11.4. The van der Waals surface area contributed by atoms with E-state index in [2.05, 4.69) is 11.6 Å². The van der Waals surface area contributed by atoms with Gasteiger partial charge in [-0.2, -0.15) is 11.8 Å². The normalized spacial score (nSPS) is 18.1. The van der Waals surface area contributed by atoms with Crippen LogP contribution in [0, 0.1) is 0 Å². The molecule has 1 saturated carbocycles. The highest BCUT2D eigenvalue weighted by molar-refractivity contribution is 8.00. The Kier molecular flexibility index (Phi) is 3.47. The monoisotopic (exact) mass is 202 g/mol. The first-order valence-corrected chi connectivity index (χ1v) is 5.90. The number of amides is 2. The van der Waals surface area contributed by atoms with Gasteiger partial charge in [0.05, 0.1) is 0 Å². The topological polar surface area (TPSA) is 32.3 Å². The molecule has 1 fully saturated rings. The van der Waals surface area contributed by atoms with Crippen molar-refractivity contribution in [2.75, 3.05) is 26.4 Å². The van der Waals surface area contributed by atoms with Crippen LogP contribution in [-0.2, 0) is 0 Å². The van der Waals surface area contributed by atoms with Crippen LogP contribution in [0.5, 0.6) is 0 Å². The highest BCUT2D eigenvalue weighted by Crippen LogP contribution is 2.46. The summed E-state index contributed by atoms with van der Waals surface area (Å²) >= 11 is 1.87. The molecule has 2 amide bonds. The summed E-state index contributed by atoms with van der Waals surface area (Å²) in [7, 11) is 1.81. The molecule has 1 N–H and O–H groups in total. The van der Waals surface area contributed by atoms with Crippen LogP contribution in [0.1, 0.15) is 19.8 Å². The highest BCUT2D eigenvalue weighted by Gasteiger charge is 2.42. The first-order chi connectivity index (χ1) is 6.13. The van der Waals surface area contributed by atoms with Gasteiger partial charge in [0.25, 0.3) is 0 Å². The number of carbonyl (C=O) groups is 1. The Hall–Kier alpha value is -0.380. The van der Waals surface area contributed by atoms with E-state index in [1.807, 2.05) is 25.7 Å². The molecule has 0 bridgehead atoms. The lowest BCUT2D eigenvalue weighted by molar-refractivity contribution is 0.211. The fourth-order valence-corrected chi connectivity index (χ4v) is 1.83. The number of nitrogens with one attached hydrogen (secondary N) is 1. The van der Waals surface area contributed by atoms with E-state index in [-0.39, 0.29) is 6.03 Å². The van der Waals surface area contributed by atoms with E-state index in [0.717, 1.165) is 13.1 Å². The zero-order valence-corrected chi connectivity index (χ0v) is 9.41. The molecular formula is C9H18N2OS. The van der Waals surface area contributed by atoms with Crippen LogP contribution in [0.2, 0.25) is 0 Å². The molecule has 3 nitrogen and oxygen atoms in total. The van der Waals surface area contributed by atoms with Crippen molar-refractivity contribution >= 4 is 17.8 Å². The van der Waals surface area contributed by atoms with Crippen molar-refractivity contribution in [2.45, 2.75) is 24.5 Å². The molecule has 0 aromatic rings. The number of urea groups is 1. The average molecular weight is 202 g/mol. The maximum Gasteiger partial charge on any atom is 0.317 e. The fourth-order valence-electron chi connectivity index (χ4n) is 1.11. The summed E-state index contributed by atoms with van der Waals surface area (Å²) in [5.41, 5.74) is 0. The van der Waals surface area contributed by atoms with Crippen LogP contribution in [-0.4, -0.2) is 42.1 Å². The second-order valence-electron chi connectivity index (χ2n) is 3.56. The summed E-state index contributed by atoms with van der Waals surface area (Å²) in [5, 5.41) is 2.95. The predicted octanol–water partition coefficient (Wildman–Crippen LogP) is 1.54. The van der Waals surface area contributed by atoms with Gasteiger partial charge < -0.3 is 10.2 Å². The van der Waals surface area contributed by atoms with E-state index < -0.39 is 0 Å². The van der Waals surface area contributed by atoms with Crippen LogP contribution >= 0.6 is 11.8 Å². The van der Waals surface area contributed by atoms with Gasteiger partial charge in [-0.05, 0) is 26.0 Å². The molecule has 1 aliphatic carbocycles. The Bertz CT molecular complexity index is 192. The molecule has 1 rings (SSSR count). The Labute approximate surface area is 84.2 Å². The van der Waals surface area contributed by atoms with Gasteiger partial charge >= 0.3 is 6.03 Å². The molecule has 13 heavy (non-hydrogen) atoms. The summed E-state index contributed by atoms with van der Waals surface area (Å²) < 4.78 is 0.365. The minimum Gasteiger partial charge on any atom is -0.337 e. The predicted molar refractivity (Wildman–Crippen MR) is 57.2 cm³/mol. The van der Waals surface area contributed by atoms with Crippen LogP contribution in [0.15, 0.2) is 0 Å². The molecule has 1 aliphatic rings. The standard InChI is InChI=1S/C9H18N2OS/c1-4-11(2)8(12)10-7-9(13-3)5-6-9/h4-7H2,1-3H3,(H,10,12). The molecule has 0 spiro atoms. The third kappa shape index (κ3) is 2.79. The zero-order valence-electron chi connectivity index (χ0n) is 8.59. The number of hydrogen-bond acceptors (Lipinski definition) is 2. The van der Waals surface area contributed by atoms with E-state index in [0.29, 0.717) is 4.75 Å². The Morgan fingerprint density at radius 1 is 1.62 bits per heavy atom. The van der Waals surface area contributed by atoms with Crippen molar-refractivity contribution < 1.29 is 4.79 Å². The summed E-state index contributed by atoms with van der Waals surface area (Å²) in [4.78, 5) is 13.1. The second kappa shape index (κ2) is 4.22. The Morgan fingerprint density at radius 3 is 2.62 bits per heavy atom. The van der Waals surface area contributed by atoms with Gasteiger partial charge in [-0.3, -0.25) is 0 Å². The Balaban J connectivity index is 2.22. The fraction of sp³-hybridized carbons (Fsp3) is 0.889. The van der Waals surface area contributed by atoms with Crippen molar-refractivity contribution in [3.05, 3.63) is 0 Å². The van der Waals surface area contributed by atoms with Gasteiger partial charge in [-0.25, -0.2) is 4.79 Å². The van der Waals surface area contributed by atoms with E-state index in [4.69, 9.17) is 0 Å². The lowest BCUT2D eigenvalue weighted by Gasteiger charge is -2.18. The number of nitrogens with zero attached hydrogens (tertiary/aromatic N) is 1. The summed E-state index contributed by atoms with van der Waals surface area (Å²) in [5.74, 6) is 0. The van der Waals surface area contributed by atoms with Crippen molar-refractivity contribution in [2.24, 2.45) is 0 Å². The first kappa shape index (κ1) is 10.7. The van der Waals surface area contributed by atoms with E-state index in [1.54, 1.807) is 4.90 Å². The summed E-state index contributed by atoms with van der Waals surface area (Å²) in [6.45, 7) is 3.55. The molecule has 0 aromatic carbocycles. The van der Waals surface area contributed by atoms with Crippen LogP contribution < -0.4 is 5.32 Å². The van der Waals surface area contributed by atoms with E-state index >= 15 is 0 Å². The SMILES string of the molecule is CCN(C)C(=O)NCC1(SC)CC1. The molecule has 0 heterocycles. The molecule has 4 heteroatoms. The van der Waals surface area contributed by atoms with Gasteiger partial charge in [0.1, 0.15) is 0 Å². The van der Waals surface area contributed by atoms with Crippen molar-refractivity contribution in [3.63, 3.8) is 0 Å². The molecular weight excluding hydrogens is 184 g/mol. The van der Waals surface area contributed by atoms with Gasteiger partial charge in [0.15, 0.2) is 0 Å². The van der Waals surface area contributed by atoms with Crippen molar-refractivity contribution in [3.8, 4) is 0 Å². The lowest BCUT2D eigenvalue weighted by Crippen LogP contribution is -2.40. The number of thioether (sulfide) groups is 1. The smallest absolute Gasteiger partial charge is 0.317 e. The van der Waals surface area contributed by atoms with Crippen LogP contribution in [0.3, 0.4) is 0 Å². The minimum atomic E-state index is 0.0443. The zero-order chi connectivity index (χ0) is 9.90. The number of rotatable bonds is 4. The number of hydrogen-bond donors (Lipinski definition) is 1. The highest BCUT2D eigenvalue weighted by atomic mass is 32.2. The van der Waals surface area contributed by atoms with Crippen molar-refractivity contribution in [1.29, 1.82) is 0 Å². The summed E-state index contributed by atoms with van der Waals surface area (Å²) in [6, 6.07) is 0.0443. The van der Waals surface area contributed by atoms with E-state index in [9.17, 15) is 4.79 Å². The summed E-state index contributed by atoms with van der Waals surface area (Å²) in [6.07, 6.45) is 4.59. The average Bonchev–Trinajstić information content (AvgIpc) is 2.93. The van der Waals surface area contributed by atoms with Gasteiger partial charge in [-0.15, -0.1) is 0 Å². The second-order valence-corrected chi connectivity index (χ2v) is 4.83. The minimum absolute atomic E-state index is 0.0443. The van der Waals surface area contributed by atoms with Gasteiger partial charge in [-0.1, -0.05) is 0 Å². The molecule has 0 aliphatic heterocycles. The molecule has 0 aromatic heterocycles. The van der Waals surface area contributed by atoms with E-state index in [1.165, 1.54) is 12.8 Å². The van der Waals surface area contributed by atoms with Gasteiger partial charge in [0.2, 0.25) is 0 Å². The first-order valence-electron chi connectivity index (χ1n) is 4.67. The third-order valence-electron chi connectivity index (χ3n) is 2.62. The number of carbonyl (C=O) groups excluding carboxylic acids is 1.